The van der Waals surface area contributed by atoms with Crippen molar-refractivity contribution < 1.29 is 24.2 Å². The summed E-state index contributed by atoms with van der Waals surface area (Å²) in [5.74, 6) is -0.640. The summed E-state index contributed by atoms with van der Waals surface area (Å²) < 4.78 is 10.9. The third kappa shape index (κ3) is 5.13. The second-order valence-electron chi connectivity index (χ2n) is 7.20. The van der Waals surface area contributed by atoms with Crippen LogP contribution < -0.4 is 9.64 Å². The van der Waals surface area contributed by atoms with Crippen molar-refractivity contribution in [2.24, 2.45) is 0 Å². The van der Waals surface area contributed by atoms with Crippen LogP contribution >= 0.6 is 11.8 Å². The summed E-state index contributed by atoms with van der Waals surface area (Å²) in [7, 11) is 5.49. The molecule has 0 aliphatic carbocycles. The number of thioether (sulfide) groups is 1. The van der Waals surface area contributed by atoms with Crippen LogP contribution in [0.25, 0.3) is 0 Å². The Labute approximate surface area is 180 Å². The molecule has 1 aliphatic rings. The largest absolute Gasteiger partial charge is 0.497 e. The number of carboxylic acids is 1. The number of aliphatic carboxylic acids is 1. The Hall–Kier alpha value is -2.55. The van der Waals surface area contributed by atoms with Gasteiger partial charge in [0, 0.05) is 18.0 Å². The van der Waals surface area contributed by atoms with Crippen LogP contribution in [0.4, 0.5) is 5.69 Å². The number of ether oxygens (including phenoxy) is 2. The number of carbonyl (C=O) groups excluding carboxylic acids is 1. The molecule has 0 saturated carbocycles. The first kappa shape index (κ1) is 22.1. The zero-order chi connectivity index (χ0) is 21.7. The smallest absolute Gasteiger partial charge is 0.329 e. The number of hydrogen-bond donors (Lipinski definition) is 1. The molecule has 30 heavy (non-hydrogen) atoms. The van der Waals surface area contributed by atoms with Gasteiger partial charge < -0.3 is 24.4 Å². The Bertz CT molecular complexity index is 887. The Morgan fingerprint density at radius 3 is 2.50 bits per heavy atom. The molecule has 1 aliphatic heterocycles. The maximum absolute atomic E-state index is 13.6. The number of para-hydroxylation sites is 1. The molecule has 0 saturated heterocycles. The molecule has 2 aromatic carbocycles. The SMILES string of the molecule is COc1ccc([C@H]2Sc3ccccc3N(CCN(C)C)C(=O)[C@H]2OCC(=O)O)cc1. The highest BCUT2D eigenvalue weighted by molar-refractivity contribution is 7.99. The molecule has 160 valence electrons. The first-order chi connectivity index (χ1) is 14.4. The first-order valence-corrected chi connectivity index (χ1v) is 10.5. The molecule has 0 radical (unpaired) electrons. The molecule has 0 spiro atoms. The Balaban J connectivity index is 2.03. The van der Waals surface area contributed by atoms with Crippen molar-refractivity contribution in [1.29, 1.82) is 0 Å². The second-order valence-corrected chi connectivity index (χ2v) is 8.38. The quantitative estimate of drug-likeness (QED) is 0.690. The van der Waals surface area contributed by atoms with Crippen molar-refractivity contribution in [3.63, 3.8) is 0 Å². The van der Waals surface area contributed by atoms with Crippen LogP contribution in [-0.2, 0) is 14.3 Å². The van der Waals surface area contributed by atoms with Crippen molar-refractivity contribution in [3.05, 3.63) is 54.1 Å². The van der Waals surface area contributed by atoms with Gasteiger partial charge in [-0.1, -0.05) is 24.3 Å². The van der Waals surface area contributed by atoms with Crippen LogP contribution in [0.1, 0.15) is 10.8 Å². The number of methoxy groups -OCH3 is 1. The van der Waals surface area contributed by atoms with E-state index in [1.54, 1.807) is 12.0 Å². The number of carboxylic acid groups (broad SMARTS) is 1. The van der Waals surface area contributed by atoms with Crippen LogP contribution in [0.15, 0.2) is 53.4 Å². The monoisotopic (exact) mass is 430 g/mol. The highest BCUT2D eigenvalue weighted by atomic mass is 32.2. The van der Waals surface area contributed by atoms with Crippen LogP contribution in [0.2, 0.25) is 0 Å². The van der Waals surface area contributed by atoms with E-state index in [9.17, 15) is 9.59 Å². The summed E-state index contributed by atoms with van der Waals surface area (Å²) in [6, 6.07) is 15.2. The standard InChI is InChI=1S/C22H26N2O5S/c1-23(2)12-13-24-17-6-4-5-7-18(17)30-21(15-8-10-16(28-3)11-9-15)20(22(24)27)29-14-19(25)26/h4-11,20-21H,12-14H2,1-3H3,(H,25,26)/t20-,21+/m0/s1. The van der Waals surface area contributed by atoms with E-state index in [4.69, 9.17) is 14.6 Å². The zero-order valence-corrected chi connectivity index (χ0v) is 18.1. The summed E-state index contributed by atoms with van der Waals surface area (Å²) in [6.07, 6.45) is -0.936. The van der Waals surface area contributed by atoms with Crippen LogP contribution in [0, 0.1) is 0 Å². The van der Waals surface area contributed by atoms with Crippen molar-refractivity contribution >= 4 is 29.3 Å². The van der Waals surface area contributed by atoms with E-state index in [1.807, 2.05) is 67.5 Å². The molecule has 0 aromatic heterocycles. The minimum Gasteiger partial charge on any atom is -0.497 e. The first-order valence-electron chi connectivity index (χ1n) is 9.60. The van der Waals surface area contributed by atoms with E-state index in [0.717, 1.165) is 16.1 Å². The van der Waals surface area contributed by atoms with Gasteiger partial charge in [0.25, 0.3) is 5.91 Å². The minimum absolute atomic E-state index is 0.239. The van der Waals surface area contributed by atoms with Gasteiger partial charge >= 0.3 is 5.97 Å². The lowest BCUT2D eigenvalue weighted by atomic mass is 10.1. The van der Waals surface area contributed by atoms with E-state index >= 15 is 0 Å². The molecule has 0 unspecified atom stereocenters. The van der Waals surface area contributed by atoms with Gasteiger partial charge in [0.1, 0.15) is 12.4 Å². The lowest BCUT2D eigenvalue weighted by molar-refractivity contribution is -0.147. The second kappa shape index (κ2) is 9.97. The summed E-state index contributed by atoms with van der Waals surface area (Å²) >= 11 is 1.51. The summed E-state index contributed by atoms with van der Waals surface area (Å²) in [6.45, 7) is 0.608. The summed E-state index contributed by atoms with van der Waals surface area (Å²) in [5, 5.41) is 8.77. The predicted molar refractivity (Wildman–Crippen MR) is 116 cm³/mol. The number of fused-ring (bicyclic) bond motifs is 1. The maximum Gasteiger partial charge on any atom is 0.329 e. The number of hydrogen-bond acceptors (Lipinski definition) is 6. The van der Waals surface area contributed by atoms with Gasteiger partial charge in [0.2, 0.25) is 0 Å². The molecule has 0 bridgehead atoms. The topological polar surface area (TPSA) is 79.3 Å². The fourth-order valence-electron chi connectivity index (χ4n) is 3.27. The zero-order valence-electron chi connectivity index (χ0n) is 17.3. The van der Waals surface area contributed by atoms with Gasteiger partial charge in [-0.05, 0) is 43.9 Å². The van der Waals surface area contributed by atoms with Gasteiger partial charge in [0.15, 0.2) is 6.10 Å². The van der Waals surface area contributed by atoms with E-state index in [-0.39, 0.29) is 5.91 Å². The predicted octanol–water partition coefficient (Wildman–Crippen LogP) is 2.91. The average Bonchev–Trinajstić information content (AvgIpc) is 2.85. The van der Waals surface area contributed by atoms with Gasteiger partial charge in [0.05, 0.1) is 18.0 Å². The van der Waals surface area contributed by atoms with Gasteiger partial charge in [-0.2, -0.15) is 0 Å². The number of carbonyl (C=O) groups is 2. The Morgan fingerprint density at radius 2 is 1.87 bits per heavy atom. The summed E-state index contributed by atoms with van der Waals surface area (Å²) in [5.41, 5.74) is 1.68. The van der Waals surface area contributed by atoms with Gasteiger partial charge in [-0.15, -0.1) is 11.8 Å². The molecular weight excluding hydrogens is 404 g/mol. The third-order valence-electron chi connectivity index (χ3n) is 4.80. The van der Waals surface area contributed by atoms with Crippen LogP contribution in [0.5, 0.6) is 5.75 Å². The highest BCUT2D eigenvalue weighted by Gasteiger charge is 2.39. The number of anilines is 1. The number of nitrogens with zero attached hydrogens (tertiary/aromatic N) is 2. The molecular formula is C22H26N2O5S. The molecule has 8 heteroatoms. The Morgan fingerprint density at radius 1 is 1.17 bits per heavy atom. The average molecular weight is 431 g/mol. The highest BCUT2D eigenvalue weighted by Crippen LogP contribution is 2.46. The normalized spacial score (nSPS) is 18.8. The number of likely N-dealkylation sites (N-methyl/N-ethyl adjacent to an activating group) is 1. The molecule has 1 heterocycles. The lowest BCUT2D eigenvalue weighted by Crippen LogP contribution is -2.45. The molecule has 1 amide bonds. The molecule has 2 aromatic rings. The van der Waals surface area contributed by atoms with Crippen molar-refractivity contribution in [1.82, 2.24) is 4.90 Å². The molecule has 0 fully saturated rings. The van der Waals surface area contributed by atoms with E-state index in [2.05, 4.69) is 0 Å². The number of benzene rings is 2. The van der Waals surface area contributed by atoms with Crippen molar-refractivity contribution in [2.45, 2.75) is 16.2 Å². The van der Waals surface area contributed by atoms with E-state index in [1.165, 1.54) is 11.8 Å². The van der Waals surface area contributed by atoms with Crippen LogP contribution in [0.3, 0.4) is 0 Å². The Kier molecular flexibility index (Phi) is 7.36. The van der Waals surface area contributed by atoms with Crippen molar-refractivity contribution in [2.75, 3.05) is 45.8 Å². The molecule has 7 nitrogen and oxygen atoms in total. The fraction of sp³-hybridized carbons (Fsp3) is 0.364. The lowest BCUT2D eigenvalue weighted by Gasteiger charge is -2.28. The maximum atomic E-state index is 13.6. The van der Waals surface area contributed by atoms with Gasteiger partial charge in [-0.3, -0.25) is 4.79 Å². The minimum atomic E-state index is -1.11. The molecule has 2 atom stereocenters. The molecule has 3 rings (SSSR count). The molecule has 1 N–H and O–H groups in total. The summed E-state index contributed by atoms with van der Waals surface area (Å²) in [4.78, 5) is 29.4. The van der Waals surface area contributed by atoms with Crippen LogP contribution in [-0.4, -0.2) is 68.9 Å². The van der Waals surface area contributed by atoms with E-state index < -0.39 is 23.9 Å². The number of amides is 1. The van der Waals surface area contributed by atoms with Gasteiger partial charge in [-0.25, -0.2) is 4.79 Å². The number of rotatable bonds is 8. The van der Waals surface area contributed by atoms with Crippen molar-refractivity contribution in [3.8, 4) is 5.75 Å². The fourth-order valence-corrected chi connectivity index (χ4v) is 4.61. The van der Waals surface area contributed by atoms with E-state index in [0.29, 0.717) is 18.8 Å². The third-order valence-corrected chi connectivity index (χ3v) is 6.17.